The molecule has 0 saturated carbocycles. The normalized spacial score (nSPS) is 30.5. The van der Waals surface area contributed by atoms with Crippen molar-refractivity contribution in [2.75, 3.05) is 26.2 Å². The molecule has 2 rings (SSSR count). The summed E-state index contributed by atoms with van der Waals surface area (Å²) in [5.74, 6) is -0.311. The van der Waals surface area contributed by atoms with E-state index in [0.717, 1.165) is 24.3 Å². The molecular weight excluding hydrogens is 285 g/mol. The van der Waals surface area contributed by atoms with Crippen molar-refractivity contribution in [1.29, 1.82) is 0 Å². The molecule has 2 fully saturated rings. The number of rotatable bonds is 3. The Morgan fingerprint density at radius 3 is 2.57 bits per heavy atom. The lowest BCUT2D eigenvalue weighted by atomic mass is 9.91. The summed E-state index contributed by atoms with van der Waals surface area (Å²) in [5.41, 5.74) is 0. The van der Waals surface area contributed by atoms with E-state index >= 15 is 0 Å². The molecule has 0 aliphatic carbocycles. The molecule has 1 N–H and O–H groups in total. The zero-order chi connectivity index (χ0) is 15.6. The van der Waals surface area contributed by atoms with E-state index in [0.29, 0.717) is 19.4 Å². The number of piperidine rings is 2. The Balaban J connectivity index is 2.00. The van der Waals surface area contributed by atoms with Crippen LogP contribution in [0.5, 0.6) is 0 Å². The summed E-state index contributed by atoms with van der Waals surface area (Å²) in [7, 11) is 0. The predicted octanol–water partition coefficient (Wildman–Crippen LogP) is 1.63. The summed E-state index contributed by atoms with van der Waals surface area (Å²) < 4.78 is 37.5. The molecule has 0 aromatic rings. The van der Waals surface area contributed by atoms with Gasteiger partial charge >= 0.3 is 6.18 Å². The number of halogens is 3. The summed E-state index contributed by atoms with van der Waals surface area (Å²) in [6.45, 7) is 2.07. The lowest BCUT2D eigenvalue weighted by Gasteiger charge is -2.42. The van der Waals surface area contributed by atoms with E-state index in [2.05, 4.69) is 0 Å². The third kappa shape index (κ3) is 4.32. The van der Waals surface area contributed by atoms with E-state index in [-0.39, 0.29) is 12.5 Å². The van der Waals surface area contributed by atoms with Crippen LogP contribution in [0.3, 0.4) is 0 Å². The molecule has 0 aromatic carbocycles. The number of carbonyl (C=O) groups is 1. The number of hydrogen-bond acceptors (Lipinski definition) is 3. The highest BCUT2D eigenvalue weighted by molar-refractivity contribution is 5.82. The molecular formula is C14H23F3N2O2. The Bertz CT molecular complexity index is 374. The minimum atomic E-state index is -4.35. The second kappa shape index (κ2) is 6.52. The molecule has 21 heavy (non-hydrogen) atoms. The average Bonchev–Trinajstić information content (AvgIpc) is 2.40. The summed E-state index contributed by atoms with van der Waals surface area (Å²) in [4.78, 5) is 15.2. The van der Waals surface area contributed by atoms with Crippen molar-refractivity contribution in [2.45, 2.75) is 50.9 Å². The first-order valence-electron chi connectivity index (χ1n) is 7.55. The van der Waals surface area contributed by atoms with Gasteiger partial charge in [0.15, 0.2) is 0 Å². The molecule has 122 valence electrons. The molecule has 7 heteroatoms. The number of aliphatic hydroxyl groups excluding tert-OH is 1. The second-order valence-corrected chi connectivity index (χ2v) is 6.17. The zero-order valence-corrected chi connectivity index (χ0v) is 12.3. The van der Waals surface area contributed by atoms with Crippen molar-refractivity contribution in [3.63, 3.8) is 0 Å². The number of amides is 1. The molecule has 0 aromatic heterocycles. The van der Waals surface area contributed by atoms with Crippen LogP contribution in [0.1, 0.15) is 32.6 Å². The van der Waals surface area contributed by atoms with Gasteiger partial charge in [-0.3, -0.25) is 9.69 Å². The summed E-state index contributed by atoms with van der Waals surface area (Å²) in [6, 6.07) is -0.456. The van der Waals surface area contributed by atoms with E-state index in [4.69, 9.17) is 0 Å². The molecule has 0 radical (unpaired) electrons. The molecule has 2 aliphatic heterocycles. The van der Waals surface area contributed by atoms with Gasteiger partial charge in [-0.2, -0.15) is 13.2 Å². The van der Waals surface area contributed by atoms with E-state index in [1.165, 1.54) is 0 Å². The van der Waals surface area contributed by atoms with Gasteiger partial charge in [0.1, 0.15) is 6.54 Å². The van der Waals surface area contributed by atoms with Crippen LogP contribution in [-0.4, -0.2) is 65.3 Å². The van der Waals surface area contributed by atoms with Gasteiger partial charge in [0.25, 0.3) is 0 Å². The van der Waals surface area contributed by atoms with Gasteiger partial charge in [-0.05, 0) is 45.1 Å². The fourth-order valence-corrected chi connectivity index (χ4v) is 3.35. The Hall–Kier alpha value is -0.820. The van der Waals surface area contributed by atoms with Crippen LogP contribution >= 0.6 is 0 Å². The molecule has 0 bridgehead atoms. The molecule has 4 nitrogen and oxygen atoms in total. The quantitative estimate of drug-likeness (QED) is 0.862. The van der Waals surface area contributed by atoms with Crippen LogP contribution in [0.25, 0.3) is 0 Å². The van der Waals surface area contributed by atoms with Crippen LogP contribution in [0.2, 0.25) is 0 Å². The maximum atomic E-state index is 12.5. The van der Waals surface area contributed by atoms with Crippen molar-refractivity contribution < 1.29 is 23.1 Å². The van der Waals surface area contributed by atoms with E-state index in [1.54, 1.807) is 6.92 Å². The predicted molar refractivity (Wildman–Crippen MR) is 71.6 cm³/mol. The number of aliphatic hydroxyl groups is 1. The fraction of sp³-hybridized carbons (Fsp3) is 0.929. The first-order valence-corrected chi connectivity index (χ1v) is 7.55. The number of alkyl halides is 3. The summed E-state index contributed by atoms with van der Waals surface area (Å²) in [5, 5.41) is 9.69. The van der Waals surface area contributed by atoms with Crippen molar-refractivity contribution >= 4 is 5.91 Å². The minimum absolute atomic E-state index is 0.101. The number of carbonyl (C=O) groups excluding carboxylic acids is 1. The van der Waals surface area contributed by atoms with Gasteiger partial charge in [-0.25, -0.2) is 0 Å². The SMILES string of the molecule is CC(O)C1CCCN(C2CCCN(CC(F)(F)F)C2=O)C1. The Morgan fingerprint density at radius 2 is 1.95 bits per heavy atom. The van der Waals surface area contributed by atoms with Crippen molar-refractivity contribution in [2.24, 2.45) is 5.92 Å². The number of likely N-dealkylation sites (tertiary alicyclic amines) is 2. The smallest absolute Gasteiger partial charge is 0.393 e. The fourth-order valence-electron chi connectivity index (χ4n) is 3.35. The number of nitrogens with zero attached hydrogens (tertiary/aromatic N) is 2. The Morgan fingerprint density at radius 1 is 1.29 bits per heavy atom. The molecule has 0 spiro atoms. The van der Waals surface area contributed by atoms with Crippen molar-refractivity contribution in [3.05, 3.63) is 0 Å². The molecule has 3 unspecified atom stereocenters. The Labute approximate surface area is 122 Å². The van der Waals surface area contributed by atoms with Crippen LogP contribution in [0, 0.1) is 5.92 Å². The Kier molecular flexibility index (Phi) is 5.14. The van der Waals surface area contributed by atoms with Gasteiger partial charge < -0.3 is 10.0 Å². The summed E-state index contributed by atoms with van der Waals surface area (Å²) >= 11 is 0. The monoisotopic (exact) mass is 308 g/mol. The molecule has 2 saturated heterocycles. The lowest BCUT2D eigenvalue weighted by Crippen LogP contribution is -2.56. The van der Waals surface area contributed by atoms with Crippen LogP contribution in [-0.2, 0) is 4.79 Å². The third-order valence-electron chi connectivity index (χ3n) is 4.48. The average molecular weight is 308 g/mol. The zero-order valence-electron chi connectivity index (χ0n) is 12.3. The first kappa shape index (κ1) is 16.5. The van der Waals surface area contributed by atoms with Crippen LogP contribution in [0.4, 0.5) is 13.2 Å². The lowest BCUT2D eigenvalue weighted by molar-refractivity contribution is -0.168. The standard InChI is InChI=1S/C14H23F3N2O2/c1-10(20)11-4-2-6-18(8-11)12-5-3-7-19(13(12)21)9-14(15,16)17/h10-12,20H,2-9H2,1H3. The van der Waals surface area contributed by atoms with Crippen LogP contribution in [0.15, 0.2) is 0 Å². The molecule has 2 aliphatic rings. The molecule has 2 heterocycles. The summed E-state index contributed by atoms with van der Waals surface area (Å²) in [6.07, 6.45) is -1.80. The van der Waals surface area contributed by atoms with Gasteiger partial charge in [0.2, 0.25) is 5.91 Å². The highest BCUT2D eigenvalue weighted by atomic mass is 19.4. The maximum absolute atomic E-state index is 12.5. The highest BCUT2D eigenvalue weighted by Gasteiger charge is 2.40. The van der Waals surface area contributed by atoms with E-state index < -0.39 is 30.8 Å². The number of hydrogen-bond donors (Lipinski definition) is 1. The first-order chi connectivity index (χ1) is 9.78. The van der Waals surface area contributed by atoms with Gasteiger partial charge in [0, 0.05) is 13.1 Å². The largest absolute Gasteiger partial charge is 0.406 e. The molecule has 3 atom stereocenters. The third-order valence-corrected chi connectivity index (χ3v) is 4.48. The second-order valence-electron chi connectivity index (χ2n) is 6.17. The topological polar surface area (TPSA) is 43.8 Å². The van der Waals surface area contributed by atoms with Crippen molar-refractivity contribution in [1.82, 2.24) is 9.80 Å². The van der Waals surface area contributed by atoms with E-state index in [9.17, 15) is 23.1 Å². The van der Waals surface area contributed by atoms with Crippen LogP contribution < -0.4 is 0 Å². The van der Waals surface area contributed by atoms with Gasteiger partial charge in [-0.1, -0.05) is 0 Å². The van der Waals surface area contributed by atoms with Gasteiger partial charge in [0.05, 0.1) is 12.1 Å². The molecule has 1 amide bonds. The minimum Gasteiger partial charge on any atom is -0.393 e. The van der Waals surface area contributed by atoms with Gasteiger partial charge in [-0.15, -0.1) is 0 Å². The van der Waals surface area contributed by atoms with E-state index in [1.807, 2.05) is 4.90 Å². The van der Waals surface area contributed by atoms with Crippen molar-refractivity contribution in [3.8, 4) is 0 Å². The highest BCUT2D eigenvalue weighted by Crippen LogP contribution is 2.27. The maximum Gasteiger partial charge on any atom is 0.406 e.